The number of benzene rings is 2. The van der Waals surface area contributed by atoms with E-state index in [0.717, 1.165) is 16.7 Å². The van der Waals surface area contributed by atoms with Crippen molar-refractivity contribution in [2.45, 2.75) is 71.3 Å². The fraction of sp³-hybridized carbons (Fsp3) is 0.389. The number of amides is 2. The zero-order chi connectivity index (χ0) is 32.1. The van der Waals surface area contributed by atoms with Gasteiger partial charge in [-0.1, -0.05) is 62.4 Å². The molecule has 9 nitrogen and oxygen atoms in total. The average molecular weight is 612 g/mol. The second kappa shape index (κ2) is 14.0. The van der Waals surface area contributed by atoms with Gasteiger partial charge < -0.3 is 24.8 Å². The van der Waals surface area contributed by atoms with Gasteiger partial charge in [0.1, 0.15) is 6.04 Å². The summed E-state index contributed by atoms with van der Waals surface area (Å²) in [4.78, 5) is 43.2. The molecule has 0 spiro atoms. The highest BCUT2D eigenvalue weighted by molar-refractivity contribution is 5.99. The third-order valence-electron chi connectivity index (χ3n) is 7.90. The first-order chi connectivity index (χ1) is 21.6. The highest BCUT2D eigenvalue weighted by Crippen LogP contribution is 2.43. The van der Waals surface area contributed by atoms with Gasteiger partial charge in [-0.15, -0.1) is 0 Å². The van der Waals surface area contributed by atoms with Gasteiger partial charge in [0.15, 0.2) is 11.4 Å². The Bertz CT molecular complexity index is 1550. The number of methoxy groups -OCH3 is 1. The van der Waals surface area contributed by atoms with E-state index in [1.54, 1.807) is 6.92 Å². The summed E-state index contributed by atoms with van der Waals surface area (Å²) >= 11 is 0. The monoisotopic (exact) mass is 611 g/mol. The fourth-order valence-electron chi connectivity index (χ4n) is 5.21. The van der Waals surface area contributed by atoms with Crippen molar-refractivity contribution in [3.05, 3.63) is 94.4 Å². The Kier molecular flexibility index (Phi) is 9.86. The van der Waals surface area contributed by atoms with Crippen LogP contribution in [0.3, 0.4) is 0 Å². The van der Waals surface area contributed by atoms with Crippen LogP contribution < -0.4 is 20.1 Å². The SMILES string of the molecule is COc1ccnc(C(=O)N[C@@H](C)C(=O)NC(C)=C(c2cccc(C3CC3)c2)c2cccc(C3CC3)c2)c1OC(=O)OCC(C)C. The summed E-state index contributed by atoms with van der Waals surface area (Å²) in [6.45, 7) is 7.39. The molecule has 0 aliphatic heterocycles. The van der Waals surface area contributed by atoms with E-state index in [2.05, 4.69) is 64.1 Å². The maximum Gasteiger partial charge on any atom is 0.514 e. The van der Waals surface area contributed by atoms with Crippen molar-refractivity contribution >= 4 is 23.5 Å². The van der Waals surface area contributed by atoms with Gasteiger partial charge in [0.2, 0.25) is 11.7 Å². The molecule has 1 atom stereocenters. The van der Waals surface area contributed by atoms with Gasteiger partial charge in [-0.3, -0.25) is 9.59 Å². The Morgan fingerprint density at radius 2 is 1.51 bits per heavy atom. The molecule has 45 heavy (non-hydrogen) atoms. The van der Waals surface area contributed by atoms with Crippen LogP contribution in [0.4, 0.5) is 4.79 Å². The van der Waals surface area contributed by atoms with Gasteiger partial charge >= 0.3 is 6.16 Å². The van der Waals surface area contributed by atoms with Gasteiger partial charge in [-0.05, 0) is 79.5 Å². The van der Waals surface area contributed by atoms with E-state index in [1.807, 2.05) is 20.8 Å². The topological polar surface area (TPSA) is 116 Å². The first-order valence-electron chi connectivity index (χ1n) is 15.6. The number of ether oxygens (including phenoxy) is 3. The molecule has 2 aliphatic carbocycles. The molecular formula is C36H41N3O6. The zero-order valence-corrected chi connectivity index (χ0v) is 26.5. The van der Waals surface area contributed by atoms with E-state index in [0.29, 0.717) is 17.5 Å². The van der Waals surface area contributed by atoms with E-state index in [1.165, 1.54) is 56.2 Å². The normalized spacial score (nSPS) is 14.7. The molecule has 2 N–H and O–H groups in total. The number of hydrogen-bond donors (Lipinski definition) is 2. The molecule has 2 aromatic carbocycles. The van der Waals surface area contributed by atoms with Crippen molar-refractivity contribution < 1.29 is 28.6 Å². The Morgan fingerprint density at radius 3 is 2.04 bits per heavy atom. The predicted molar refractivity (Wildman–Crippen MR) is 171 cm³/mol. The molecule has 1 aromatic heterocycles. The lowest BCUT2D eigenvalue weighted by molar-refractivity contribution is -0.121. The Labute approximate surface area is 264 Å². The van der Waals surface area contributed by atoms with E-state index in [9.17, 15) is 14.4 Å². The summed E-state index contributed by atoms with van der Waals surface area (Å²) < 4.78 is 15.7. The molecule has 2 saturated carbocycles. The van der Waals surface area contributed by atoms with Crippen LogP contribution in [-0.2, 0) is 9.53 Å². The van der Waals surface area contributed by atoms with Gasteiger partial charge in [0.05, 0.1) is 13.7 Å². The highest BCUT2D eigenvalue weighted by Gasteiger charge is 2.28. The van der Waals surface area contributed by atoms with Gasteiger partial charge in [-0.2, -0.15) is 0 Å². The van der Waals surface area contributed by atoms with Crippen LogP contribution in [-0.4, -0.2) is 42.7 Å². The lowest BCUT2D eigenvalue weighted by Crippen LogP contribution is -2.44. The third kappa shape index (κ3) is 8.09. The number of pyridine rings is 1. The van der Waals surface area contributed by atoms with Crippen LogP contribution in [0.1, 0.15) is 98.0 Å². The van der Waals surface area contributed by atoms with Crippen molar-refractivity contribution in [3.8, 4) is 11.5 Å². The summed E-state index contributed by atoms with van der Waals surface area (Å²) in [5.41, 5.74) is 6.09. The number of nitrogens with one attached hydrogen (secondary N) is 2. The van der Waals surface area contributed by atoms with Crippen molar-refractivity contribution in [1.82, 2.24) is 15.6 Å². The number of rotatable bonds is 12. The van der Waals surface area contributed by atoms with Gasteiger partial charge in [0.25, 0.3) is 5.91 Å². The molecule has 2 amide bonds. The average Bonchev–Trinajstić information content (AvgIpc) is 3.94. The number of allylic oxidation sites excluding steroid dienone is 1. The molecule has 5 rings (SSSR count). The van der Waals surface area contributed by atoms with Crippen molar-refractivity contribution in [2.24, 2.45) is 5.92 Å². The van der Waals surface area contributed by atoms with Crippen LogP contribution in [0.25, 0.3) is 5.57 Å². The van der Waals surface area contributed by atoms with Crippen molar-refractivity contribution in [1.29, 1.82) is 0 Å². The minimum absolute atomic E-state index is 0.0952. The van der Waals surface area contributed by atoms with Crippen LogP contribution in [0.5, 0.6) is 11.5 Å². The molecule has 236 valence electrons. The maximum absolute atomic E-state index is 13.5. The Hall–Kier alpha value is -4.66. The minimum atomic E-state index is -0.986. The standard InChI is InChI=1S/C36H41N3O6/c1-21(2)20-44-36(42)45-33-30(43-5)16-17-37-32(33)35(41)39-23(4)34(40)38-22(3)31(28-10-6-8-26(18-28)24-12-13-24)29-11-7-9-27(19-29)25-14-15-25/h6-11,16-19,21,23-25H,12-15,20H2,1-5H3,(H,38,40)(H,39,41)/t23-/m0/s1. The van der Waals surface area contributed by atoms with E-state index >= 15 is 0 Å². The molecule has 9 heteroatoms. The molecule has 2 fully saturated rings. The van der Waals surface area contributed by atoms with E-state index in [-0.39, 0.29) is 29.7 Å². The van der Waals surface area contributed by atoms with E-state index < -0.39 is 24.0 Å². The smallest absolute Gasteiger partial charge is 0.493 e. The first-order valence-corrected chi connectivity index (χ1v) is 15.6. The minimum Gasteiger partial charge on any atom is -0.493 e. The lowest BCUT2D eigenvalue weighted by atomic mass is 9.92. The third-order valence-corrected chi connectivity index (χ3v) is 7.90. The largest absolute Gasteiger partial charge is 0.514 e. The molecule has 0 radical (unpaired) electrons. The molecule has 3 aromatic rings. The summed E-state index contributed by atoms with van der Waals surface area (Å²) in [5, 5.41) is 5.71. The summed E-state index contributed by atoms with van der Waals surface area (Å²) in [6.07, 6.45) is 5.15. The Balaban J connectivity index is 1.37. The summed E-state index contributed by atoms with van der Waals surface area (Å²) in [5.74, 6) is 0.0896. The first kappa shape index (κ1) is 31.8. The molecule has 0 saturated heterocycles. The summed E-state index contributed by atoms with van der Waals surface area (Å²) in [6, 6.07) is 17.6. The molecule has 0 unspecified atom stereocenters. The maximum atomic E-state index is 13.5. The predicted octanol–water partition coefficient (Wildman–Crippen LogP) is 6.73. The fourth-order valence-corrected chi connectivity index (χ4v) is 5.21. The molecular weight excluding hydrogens is 570 g/mol. The van der Waals surface area contributed by atoms with E-state index in [4.69, 9.17) is 14.2 Å². The number of carbonyl (C=O) groups excluding carboxylic acids is 3. The zero-order valence-electron chi connectivity index (χ0n) is 26.5. The van der Waals surface area contributed by atoms with Crippen molar-refractivity contribution in [2.75, 3.05) is 13.7 Å². The quantitative estimate of drug-likeness (QED) is 0.218. The number of carbonyl (C=O) groups is 3. The van der Waals surface area contributed by atoms with Gasteiger partial charge in [0, 0.05) is 23.5 Å². The molecule has 0 bridgehead atoms. The second-order valence-corrected chi connectivity index (χ2v) is 12.2. The second-order valence-electron chi connectivity index (χ2n) is 12.2. The number of hydrogen-bond acceptors (Lipinski definition) is 7. The Morgan fingerprint density at radius 1 is 0.911 bits per heavy atom. The molecule has 1 heterocycles. The van der Waals surface area contributed by atoms with Crippen molar-refractivity contribution in [3.63, 3.8) is 0 Å². The lowest BCUT2D eigenvalue weighted by Gasteiger charge is -2.19. The number of nitrogens with zero attached hydrogens (tertiary/aromatic N) is 1. The van der Waals surface area contributed by atoms with Crippen LogP contribution in [0, 0.1) is 5.92 Å². The van der Waals surface area contributed by atoms with Crippen LogP contribution in [0.15, 0.2) is 66.5 Å². The van der Waals surface area contributed by atoms with Crippen LogP contribution >= 0.6 is 0 Å². The van der Waals surface area contributed by atoms with Crippen LogP contribution in [0.2, 0.25) is 0 Å². The summed E-state index contributed by atoms with van der Waals surface area (Å²) in [7, 11) is 1.38. The van der Waals surface area contributed by atoms with Gasteiger partial charge in [-0.25, -0.2) is 9.78 Å². The highest BCUT2D eigenvalue weighted by atomic mass is 16.7. The molecule has 2 aliphatic rings. The number of aromatic nitrogens is 1.